The molecule has 2 rings (SSSR count). The third kappa shape index (κ3) is 5.58. The molecule has 6 heteroatoms. The Morgan fingerprint density at radius 2 is 2.30 bits per heavy atom. The molecule has 5 nitrogen and oxygen atoms in total. The number of likely N-dealkylation sites (N-methyl/N-ethyl adjacent to an activating group) is 1. The van der Waals surface area contributed by atoms with Crippen molar-refractivity contribution in [1.29, 1.82) is 0 Å². The SMILES string of the molecule is CN(CC(=O)NCCN1CCNCC1)Cc1cccs1. The van der Waals surface area contributed by atoms with Crippen molar-refractivity contribution in [2.24, 2.45) is 0 Å². The summed E-state index contributed by atoms with van der Waals surface area (Å²) in [6, 6.07) is 4.14. The Bertz CT molecular complexity index is 390. The third-order valence-electron chi connectivity index (χ3n) is 3.38. The Morgan fingerprint density at radius 3 is 3.00 bits per heavy atom. The van der Waals surface area contributed by atoms with Crippen LogP contribution in [0.4, 0.5) is 0 Å². The Hall–Kier alpha value is -0.950. The lowest BCUT2D eigenvalue weighted by Crippen LogP contribution is -2.46. The number of hydrogen-bond donors (Lipinski definition) is 2. The molecule has 0 radical (unpaired) electrons. The maximum Gasteiger partial charge on any atom is 0.234 e. The first kappa shape index (κ1) is 15.4. The van der Waals surface area contributed by atoms with Gasteiger partial charge in [-0.1, -0.05) is 6.07 Å². The summed E-state index contributed by atoms with van der Waals surface area (Å²) < 4.78 is 0. The topological polar surface area (TPSA) is 47.6 Å². The molecule has 1 aliphatic rings. The largest absolute Gasteiger partial charge is 0.354 e. The standard InChI is InChI=1S/C14H24N4OS/c1-17(11-13-3-2-10-20-13)12-14(19)16-6-9-18-7-4-15-5-8-18/h2-3,10,15H,4-9,11-12H2,1H3,(H,16,19). The summed E-state index contributed by atoms with van der Waals surface area (Å²) in [5.41, 5.74) is 0. The lowest BCUT2D eigenvalue weighted by atomic mass is 10.3. The van der Waals surface area contributed by atoms with Gasteiger partial charge in [0.05, 0.1) is 6.54 Å². The summed E-state index contributed by atoms with van der Waals surface area (Å²) in [5.74, 6) is 0.110. The van der Waals surface area contributed by atoms with Gasteiger partial charge in [-0.3, -0.25) is 14.6 Å². The van der Waals surface area contributed by atoms with E-state index in [0.29, 0.717) is 6.54 Å². The molecular weight excluding hydrogens is 272 g/mol. The Kier molecular flexibility index (Phi) is 6.46. The van der Waals surface area contributed by atoms with Crippen molar-refractivity contribution in [3.63, 3.8) is 0 Å². The predicted octanol–water partition coefficient (Wildman–Crippen LogP) is 0.201. The summed E-state index contributed by atoms with van der Waals surface area (Å²) in [6.07, 6.45) is 0. The molecule has 0 saturated carbocycles. The smallest absolute Gasteiger partial charge is 0.234 e. The molecule has 2 heterocycles. The first-order valence-electron chi connectivity index (χ1n) is 7.15. The Labute approximate surface area is 124 Å². The van der Waals surface area contributed by atoms with Crippen LogP contribution in [0.3, 0.4) is 0 Å². The number of amides is 1. The molecule has 2 N–H and O–H groups in total. The number of carbonyl (C=O) groups excluding carboxylic acids is 1. The minimum absolute atomic E-state index is 0.110. The number of piperazine rings is 1. The molecule has 0 aliphatic carbocycles. The number of carbonyl (C=O) groups is 1. The molecular formula is C14H24N4OS. The van der Waals surface area contributed by atoms with Gasteiger partial charge in [0.25, 0.3) is 0 Å². The van der Waals surface area contributed by atoms with Gasteiger partial charge in [-0.05, 0) is 18.5 Å². The van der Waals surface area contributed by atoms with Crippen molar-refractivity contribution in [3.8, 4) is 0 Å². The van der Waals surface area contributed by atoms with Gasteiger partial charge in [0.1, 0.15) is 0 Å². The van der Waals surface area contributed by atoms with Crippen molar-refractivity contribution < 1.29 is 4.79 Å². The van der Waals surface area contributed by atoms with Gasteiger partial charge >= 0.3 is 0 Å². The number of hydrogen-bond acceptors (Lipinski definition) is 5. The number of nitrogens with one attached hydrogen (secondary N) is 2. The van der Waals surface area contributed by atoms with Gasteiger partial charge in [-0.2, -0.15) is 0 Å². The van der Waals surface area contributed by atoms with Gasteiger partial charge in [-0.15, -0.1) is 11.3 Å². The fraction of sp³-hybridized carbons (Fsp3) is 0.643. The zero-order valence-corrected chi connectivity index (χ0v) is 12.9. The second kappa shape index (κ2) is 8.36. The normalized spacial score (nSPS) is 16.5. The van der Waals surface area contributed by atoms with E-state index in [9.17, 15) is 4.79 Å². The molecule has 1 aromatic heterocycles. The van der Waals surface area contributed by atoms with E-state index in [4.69, 9.17) is 0 Å². The fourth-order valence-electron chi connectivity index (χ4n) is 2.31. The van der Waals surface area contributed by atoms with E-state index >= 15 is 0 Å². The zero-order chi connectivity index (χ0) is 14.2. The van der Waals surface area contributed by atoms with Crippen molar-refractivity contribution in [2.75, 3.05) is 52.9 Å². The number of thiophene rings is 1. The van der Waals surface area contributed by atoms with Crippen LogP contribution in [-0.4, -0.2) is 68.6 Å². The van der Waals surface area contributed by atoms with Crippen molar-refractivity contribution in [1.82, 2.24) is 20.4 Å². The number of rotatable bonds is 7. The molecule has 0 bridgehead atoms. The second-order valence-corrected chi connectivity index (χ2v) is 6.23. The first-order valence-corrected chi connectivity index (χ1v) is 8.03. The van der Waals surface area contributed by atoms with Crippen molar-refractivity contribution in [3.05, 3.63) is 22.4 Å². The Morgan fingerprint density at radius 1 is 1.50 bits per heavy atom. The summed E-state index contributed by atoms with van der Waals surface area (Å²) >= 11 is 1.73. The molecule has 0 unspecified atom stereocenters. The van der Waals surface area contributed by atoms with Gasteiger partial charge in [0.2, 0.25) is 5.91 Å². The van der Waals surface area contributed by atoms with E-state index in [2.05, 4.69) is 27.0 Å². The van der Waals surface area contributed by atoms with Crippen LogP contribution in [0.5, 0.6) is 0 Å². The van der Waals surface area contributed by atoms with Crippen LogP contribution in [0.1, 0.15) is 4.88 Å². The lowest BCUT2D eigenvalue weighted by molar-refractivity contribution is -0.122. The van der Waals surface area contributed by atoms with E-state index in [0.717, 1.165) is 45.8 Å². The van der Waals surface area contributed by atoms with Crippen LogP contribution in [0.15, 0.2) is 17.5 Å². The molecule has 1 saturated heterocycles. The van der Waals surface area contributed by atoms with E-state index in [1.165, 1.54) is 4.88 Å². The maximum atomic E-state index is 11.8. The monoisotopic (exact) mass is 296 g/mol. The van der Waals surface area contributed by atoms with Gasteiger partial charge in [0, 0.05) is 50.7 Å². The highest BCUT2D eigenvalue weighted by Gasteiger charge is 2.10. The minimum Gasteiger partial charge on any atom is -0.354 e. The Balaban J connectivity index is 1.57. The molecule has 0 spiro atoms. The van der Waals surface area contributed by atoms with E-state index in [1.54, 1.807) is 11.3 Å². The minimum atomic E-state index is 0.110. The summed E-state index contributed by atoms with van der Waals surface area (Å²) in [4.78, 5) is 17.6. The zero-order valence-electron chi connectivity index (χ0n) is 12.1. The van der Waals surface area contributed by atoms with Crippen LogP contribution < -0.4 is 10.6 Å². The highest BCUT2D eigenvalue weighted by molar-refractivity contribution is 7.09. The van der Waals surface area contributed by atoms with Crippen LogP contribution in [0.2, 0.25) is 0 Å². The highest BCUT2D eigenvalue weighted by atomic mass is 32.1. The molecule has 1 amide bonds. The molecule has 1 aromatic rings. The maximum absolute atomic E-state index is 11.8. The average Bonchev–Trinajstić information content (AvgIpc) is 2.92. The van der Waals surface area contributed by atoms with Gasteiger partial charge in [0.15, 0.2) is 0 Å². The van der Waals surface area contributed by atoms with E-state index in [1.807, 2.05) is 18.0 Å². The van der Waals surface area contributed by atoms with E-state index in [-0.39, 0.29) is 5.91 Å². The summed E-state index contributed by atoms with van der Waals surface area (Å²) in [6.45, 7) is 7.24. The number of nitrogens with zero attached hydrogens (tertiary/aromatic N) is 2. The molecule has 1 aliphatic heterocycles. The first-order chi connectivity index (χ1) is 9.74. The van der Waals surface area contributed by atoms with Crippen LogP contribution in [0.25, 0.3) is 0 Å². The molecule has 0 aromatic carbocycles. The van der Waals surface area contributed by atoms with Gasteiger partial charge < -0.3 is 10.6 Å². The summed E-state index contributed by atoms with van der Waals surface area (Å²) in [5, 5.41) is 8.39. The van der Waals surface area contributed by atoms with Crippen LogP contribution in [-0.2, 0) is 11.3 Å². The average molecular weight is 296 g/mol. The van der Waals surface area contributed by atoms with E-state index < -0.39 is 0 Å². The van der Waals surface area contributed by atoms with Crippen molar-refractivity contribution in [2.45, 2.75) is 6.54 Å². The highest BCUT2D eigenvalue weighted by Crippen LogP contribution is 2.10. The second-order valence-electron chi connectivity index (χ2n) is 5.19. The quantitative estimate of drug-likeness (QED) is 0.755. The summed E-state index contributed by atoms with van der Waals surface area (Å²) in [7, 11) is 1.98. The van der Waals surface area contributed by atoms with Crippen LogP contribution in [0, 0.1) is 0 Å². The fourth-order valence-corrected chi connectivity index (χ4v) is 3.10. The molecule has 1 fully saturated rings. The lowest BCUT2D eigenvalue weighted by Gasteiger charge is -2.27. The van der Waals surface area contributed by atoms with Gasteiger partial charge in [-0.25, -0.2) is 0 Å². The third-order valence-corrected chi connectivity index (χ3v) is 4.24. The molecule has 112 valence electrons. The molecule has 20 heavy (non-hydrogen) atoms. The molecule has 0 atom stereocenters. The predicted molar refractivity (Wildman–Crippen MR) is 83.0 cm³/mol. The van der Waals surface area contributed by atoms with Crippen LogP contribution >= 0.6 is 11.3 Å². The van der Waals surface area contributed by atoms with Crippen molar-refractivity contribution >= 4 is 17.2 Å².